The van der Waals surface area contributed by atoms with Gasteiger partial charge in [-0.2, -0.15) is 0 Å². The molecule has 1 unspecified atom stereocenters. The number of piperidine rings is 1. The van der Waals surface area contributed by atoms with Crippen molar-refractivity contribution in [1.29, 1.82) is 0 Å². The highest BCUT2D eigenvalue weighted by Gasteiger charge is 2.33. The second-order valence-corrected chi connectivity index (χ2v) is 6.81. The zero-order valence-electron chi connectivity index (χ0n) is 12.5. The molecule has 0 aromatic carbocycles. The topological polar surface area (TPSA) is 15.3 Å². The molecule has 0 saturated carbocycles. The van der Waals surface area contributed by atoms with E-state index < -0.39 is 0 Å². The van der Waals surface area contributed by atoms with E-state index in [4.69, 9.17) is 0 Å². The Morgan fingerprint density at radius 2 is 1.94 bits per heavy atom. The number of hydrogen-bond acceptors (Lipinski definition) is 2. The summed E-state index contributed by atoms with van der Waals surface area (Å²) in [6.07, 6.45) is 9.85. The SMILES string of the molecule is CCCC1(CN2CCCC(C)CC2)CCNCC1. The molecule has 0 spiro atoms. The monoisotopic (exact) mass is 252 g/mol. The van der Waals surface area contributed by atoms with E-state index in [0.29, 0.717) is 5.41 Å². The highest BCUT2D eigenvalue weighted by Crippen LogP contribution is 2.35. The molecule has 106 valence electrons. The zero-order chi connectivity index (χ0) is 12.8. The van der Waals surface area contributed by atoms with E-state index in [2.05, 4.69) is 24.1 Å². The minimum atomic E-state index is 0.633. The molecular formula is C16H32N2. The second-order valence-electron chi connectivity index (χ2n) is 6.81. The highest BCUT2D eigenvalue weighted by atomic mass is 15.1. The lowest BCUT2D eigenvalue weighted by molar-refractivity contribution is 0.102. The van der Waals surface area contributed by atoms with Crippen molar-refractivity contribution < 1.29 is 0 Å². The van der Waals surface area contributed by atoms with Crippen LogP contribution in [0.5, 0.6) is 0 Å². The van der Waals surface area contributed by atoms with Crippen molar-refractivity contribution in [2.75, 3.05) is 32.7 Å². The van der Waals surface area contributed by atoms with Crippen LogP contribution >= 0.6 is 0 Å². The van der Waals surface area contributed by atoms with Gasteiger partial charge in [0, 0.05) is 6.54 Å². The Morgan fingerprint density at radius 1 is 1.17 bits per heavy atom. The van der Waals surface area contributed by atoms with Crippen molar-refractivity contribution in [3.63, 3.8) is 0 Å². The Balaban J connectivity index is 1.90. The van der Waals surface area contributed by atoms with Crippen LogP contribution in [0.3, 0.4) is 0 Å². The standard InChI is InChI=1S/C16H32N2/c1-3-7-16(8-10-17-11-9-16)14-18-12-4-5-15(2)6-13-18/h15,17H,3-14H2,1-2H3. The average Bonchev–Trinajstić information content (AvgIpc) is 2.56. The van der Waals surface area contributed by atoms with Crippen molar-refractivity contribution in [3.05, 3.63) is 0 Å². The van der Waals surface area contributed by atoms with Crippen LogP contribution in [-0.2, 0) is 0 Å². The molecule has 1 N–H and O–H groups in total. The Kier molecular flexibility index (Phi) is 5.50. The Bertz CT molecular complexity index is 228. The Labute approximate surface area is 114 Å². The molecule has 0 radical (unpaired) electrons. The van der Waals surface area contributed by atoms with Gasteiger partial charge in [0.15, 0.2) is 0 Å². The van der Waals surface area contributed by atoms with Gasteiger partial charge in [-0.1, -0.05) is 20.3 Å². The lowest BCUT2D eigenvalue weighted by atomic mass is 9.75. The van der Waals surface area contributed by atoms with Crippen LogP contribution in [0.1, 0.15) is 58.8 Å². The minimum absolute atomic E-state index is 0.633. The molecule has 2 nitrogen and oxygen atoms in total. The molecule has 2 rings (SSSR count). The molecule has 0 bridgehead atoms. The molecule has 0 aromatic rings. The van der Waals surface area contributed by atoms with E-state index in [-0.39, 0.29) is 0 Å². The van der Waals surface area contributed by atoms with E-state index in [1.54, 1.807) is 0 Å². The number of hydrogen-bond donors (Lipinski definition) is 1. The average molecular weight is 252 g/mol. The van der Waals surface area contributed by atoms with E-state index in [9.17, 15) is 0 Å². The molecule has 2 heterocycles. The lowest BCUT2D eigenvalue weighted by Gasteiger charge is -2.41. The van der Waals surface area contributed by atoms with Gasteiger partial charge in [0.25, 0.3) is 0 Å². The highest BCUT2D eigenvalue weighted by molar-refractivity contribution is 4.87. The summed E-state index contributed by atoms with van der Waals surface area (Å²) in [6, 6.07) is 0. The van der Waals surface area contributed by atoms with Crippen LogP contribution in [0.15, 0.2) is 0 Å². The summed E-state index contributed by atoms with van der Waals surface area (Å²) in [6.45, 7) is 11.3. The van der Waals surface area contributed by atoms with Gasteiger partial charge in [-0.25, -0.2) is 0 Å². The van der Waals surface area contributed by atoms with Gasteiger partial charge in [0.05, 0.1) is 0 Å². The summed E-state index contributed by atoms with van der Waals surface area (Å²) < 4.78 is 0. The maximum atomic E-state index is 3.54. The van der Waals surface area contributed by atoms with Crippen molar-refractivity contribution in [2.45, 2.75) is 58.8 Å². The van der Waals surface area contributed by atoms with Crippen LogP contribution < -0.4 is 5.32 Å². The van der Waals surface area contributed by atoms with Gasteiger partial charge < -0.3 is 10.2 Å². The quantitative estimate of drug-likeness (QED) is 0.826. The predicted molar refractivity (Wildman–Crippen MR) is 78.9 cm³/mol. The van der Waals surface area contributed by atoms with Crippen LogP contribution in [0.4, 0.5) is 0 Å². The van der Waals surface area contributed by atoms with Gasteiger partial charge in [-0.05, 0) is 76.0 Å². The van der Waals surface area contributed by atoms with Crippen LogP contribution in [-0.4, -0.2) is 37.6 Å². The molecule has 0 amide bonds. The molecule has 0 aliphatic carbocycles. The van der Waals surface area contributed by atoms with Crippen LogP contribution in [0.25, 0.3) is 0 Å². The molecule has 2 aliphatic heterocycles. The number of nitrogens with one attached hydrogen (secondary N) is 1. The van der Waals surface area contributed by atoms with Gasteiger partial charge in [0.2, 0.25) is 0 Å². The van der Waals surface area contributed by atoms with Crippen LogP contribution in [0, 0.1) is 11.3 Å². The first kappa shape index (κ1) is 14.3. The number of nitrogens with zero attached hydrogens (tertiary/aromatic N) is 1. The molecular weight excluding hydrogens is 220 g/mol. The fourth-order valence-corrected chi connectivity index (χ4v) is 3.93. The third kappa shape index (κ3) is 3.96. The predicted octanol–water partition coefficient (Wildman–Crippen LogP) is 3.28. The summed E-state index contributed by atoms with van der Waals surface area (Å²) in [5, 5.41) is 3.54. The summed E-state index contributed by atoms with van der Waals surface area (Å²) in [5.74, 6) is 0.949. The van der Waals surface area contributed by atoms with Gasteiger partial charge in [-0.15, -0.1) is 0 Å². The van der Waals surface area contributed by atoms with Crippen molar-refractivity contribution in [1.82, 2.24) is 10.2 Å². The Hall–Kier alpha value is -0.0800. The summed E-state index contributed by atoms with van der Waals surface area (Å²) >= 11 is 0. The van der Waals surface area contributed by atoms with E-state index in [1.807, 2.05) is 0 Å². The second kappa shape index (κ2) is 6.91. The maximum absolute atomic E-state index is 3.54. The van der Waals surface area contributed by atoms with Gasteiger partial charge >= 0.3 is 0 Å². The molecule has 1 atom stereocenters. The minimum Gasteiger partial charge on any atom is -0.317 e. The third-order valence-electron chi connectivity index (χ3n) is 5.11. The van der Waals surface area contributed by atoms with E-state index in [1.165, 1.54) is 77.7 Å². The van der Waals surface area contributed by atoms with Crippen molar-refractivity contribution in [2.24, 2.45) is 11.3 Å². The zero-order valence-corrected chi connectivity index (χ0v) is 12.5. The molecule has 2 aliphatic rings. The smallest absolute Gasteiger partial charge is 0.00389 e. The molecule has 2 saturated heterocycles. The van der Waals surface area contributed by atoms with E-state index in [0.717, 1.165) is 5.92 Å². The first-order valence-corrected chi connectivity index (χ1v) is 8.17. The third-order valence-corrected chi connectivity index (χ3v) is 5.11. The lowest BCUT2D eigenvalue weighted by Crippen LogP contribution is -2.45. The fraction of sp³-hybridized carbons (Fsp3) is 1.00. The molecule has 18 heavy (non-hydrogen) atoms. The number of rotatable bonds is 4. The van der Waals surface area contributed by atoms with E-state index >= 15 is 0 Å². The molecule has 2 heteroatoms. The van der Waals surface area contributed by atoms with Crippen molar-refractivity contribution >= 4 is 0 Å². The number of likely N-dealkylation sites (tertiary alicyclic amines) is 1. The van der Waals surface area contributed by atoms with Gasteiger partial charge in [0.1, 0.15) is 0 Å². The normalized spacial score (nSPS) is 30.0. The van der Waals surface area contributed by atoms with Gasteiger partial charge in [-0.3, -0.25) is 0 Å². The first-order valence-electron chi connectivity index (χ1n) is 8.17. The first-order chi connectivity index (χ1) is 8.74. The van der Waals surface area contributed by atoms with Crippen molar-refractivity contribution in [3.8, 4) is 0 Å². The summed E-state index contributed by atoms with van der Waals surface area (Å²) in [5.41, 5.74) is 0.633. The van der Waals surface area contributed by atoms with Crippen LogP contribution in [0.2, 0.25) is 0 Å². The summed E-state index contributed by atoms with van der Waals surface area (Å²) in [7, 11) is 0. The largest absolute Gasteiger partial charge is 0.317 e. The molecule has 2 fully saturated rings. The fourth-order valence-electron chi connectivity index (χ4n) is 3.93. The summed E-state index contributed by atoms with van der Waals surface area (Å²) in [4.78, 5) is 2.78. The Morgan fingerprint density at radius 3 is 2.67 bits per heavy atom. The maximum Gasteiger partial charge on any atom is 0.00389 e. The molecule has 0 aromatic heterocycles.